The molecule has 0 spiro atoms. The molecule has 6 unspecified atom stereocenters. The standard InChI is InChI=1S/C33H41N8.O.V/c1-41-32-24-16-8-9-17-25(24)33(41)40-31-23-15-7-5-13-21(23)29(38-31)36-27-19-11-3-2-10-18(19)26(34-27)35-28-20-12-4-6-14-22(20)30(37-28)39-32;;/h18-23H,2-17H2,1H3;;/q-1;;. The number of aromatic nitrogens is 8. The van der Waals surface area contributed by atoms with Crippen LogP contribution in [0.3, 0.4) is 0 Å². The summed E-state index contributed by atoms with van der Waals surface area (Å²) in [6, 6.07) is 0. The van der Waals surface area contributed by atoms with Crippen molar-refractivity contribution in [1.29, 1.82) is 0 Å². The summed E-state index contributed by atoms with van der Waals surface area (Å²) in [7, 11) is 2.17. The molecule has 6 atom stereocenters. The van der Waals surface area contributed by atoms with Crippen LogP contribution in [0.15, 0.2) is 0 Å². The summed E-state index contributed by atoms with van der Waals surface area (Å²) in [4.78, 5) is 37.2. The Morgan fingerprint density at radius 3 is 1.26 bits per heavy atom. The minimum atomic E-state index is 0.364. The minimum absolute atomic E-state index is 0.364. The Hall–Kier alpha value is -2.52. The van der Waals surface area contributed by atoms with Gasteiger partial charge in [-0.3, -0.25) is 0 Å². The first-order chi connectivity index (χ1) is 21.2. The van der Waals surface area contributed by atoms with Crippen molar-refractivity contribution in [1.82, 2.24) is 39.5 Å². The zero-order chi connectivity index (χ0) is 29.1. The fourth-order valence-electron chi connectivity index (χ4n) is 9.38. The number of hydrogen-bond acceptors (Lipinski definition) is 7. The summed E-state index contributed by atoms with van der Waals surface area (Å²) in [5, 5.41) is 0. The molecule has 0 N–H and O–H groups in total. The molecular formula is C33H41N8OV-. The second kappa shape index (κ2) is 11.4. The SMILES string of the molecule is Cn1c2nc3nc(nc4[n-]c(nc5nc(nc1c1c2CCCC1)C1CCCCC51)C1CCCCC41)C1CCCCC31.[O]=[V]. The number of nitrogens with zero attached hydrogens (tertiary/aromatic N) is 8. The third-order valence-electron chi connectivity index (χ3n) is 11.5. The fraction of sp³-hybridized carbons (Fsp3) is 0.697. The van der Waals surface area contributed by atoms with Crippen LogP contribution < -0.4 is 4.98 Å². The van der Waals surface area contributed by atoms with Gasteiger partial charge in [-0.2, -0.15) is 0 Å². The topological polar surface area (TPSA) is 113 Å². The molecule has 3 fully saturated rings. The van der Waals surface area contributed by atoms with E-state index in [-0.39, 0.29) is 0 Å². The van der Waals surface area contributed by atoms with Crippen molar-refractivity contribution in [3.8, 4) is 0 Å². The second-order valence-electron chi connectivity index (χ2n) is 13.8. The average Bonchev–Trinajstić information content (AvgIpc) is 3.77. The van der Waals surface area contributed by atoms with E-state index in [0.717, 1.165) is 115 Å². The van der Waals surface area contributed by atoms with Crippen molar-refractivity contribution in [3.05, 3.63) is 46.1 Å². The van der Waals surface area contributed by atoms with E-state index in [0.29, 0.717) is 35.5 Å². The van der Waals surface area contributed by atoms with Crippen molar-refractivity contribution in [2.24, 2.45) is 7.05 Å². The first kappa shape index (κ1) is 28.0. The maximum absolute atomic E-state index is 8.19. The van der Waals surface area contributed by atoms with Crippen LogP contribution in [0.1, 0.15) is 171 Å². The molecule has 2 aromatic heterocycles. The van der Waals surface area contributed by atoms with E-state index in [4.69, 9.17) is 38.6 Å². The van der Waals surface area contributed by atoms with Gasteiger partial charge in [0, 0.05) is 41.8 Å². The predicted molar refractivity (Wildman–Crippen MR) is 156 cm³/mol. The van der Waals surface area contributed by atoms with Crippen molar-refractivity contribution in [2.45, 2.75) is 138 Å². The number of aryl methyl sites for hydroxylation is 3. The molecule has 9 nitrogen and oxygen atoms in total. The van der Waals surface area contributed by atoms with Crippen LogP contribution in [0.4, 0.5) is 0 Å². The van der Waals surface area contributed by atoms with Gasteiger partial charge in [-0.25, -0.2) is 19.9 Å². The number of hydrogen-bond donors (Lipinski definition) is 0. The van der Waals surface area contributed by atoms with E-state index in [1.54, 1.807) is 0 Å². The summed E-state index contributed by atoms with van der Waals surface area (Å²) in [6.45, 7) is 0. The van der Waals surface area contributed by atoms with Gasteiger partial charge in [0.15, 0.2) is 0 Å². The molecule has 3 saturated carbocycles. The monoisotopic (exact) mass is 616 g/mol. The first-order valence-corrected chi connectivity index (χ1v) is 17.4. The zero-order valence-electron chi connectivity index (χ0n) is 25.2. The molecule has 4 aliphatic carbocycles. The van der Waals surface area contributed by atoms with Crippen LogP contribution >= 0.6 is 0 Å². The van der Waals surface area contributed by atoms with E-state index in [2.05, 4.69) is 11.6 Å². The van der Waals surface area contributed by atoms with Crippen molar-refractivity contribution in [3.63, 3.8) is 0 Å². The molecule has 0 aromatic carbocycles. The van der Waals surface area contributed by atoms with E-state index in [1.807, 2.05) is 0 Å². The summed E-state index contributed by atoms with van der Waals surface area (Å²) < 4.78 is 10.5. The first-order valence-electron chi connectivity index (χ1n) is 16.8. The van der Waals surface area contributed by atoms with Crippen LogP contribution in [0, 0.1) is 0 Å². The Labute approximate surface area is 262 Å². The normalized spacial score (nSPS) is 30.0. The van der Waals surface area contributed by atoms with Crippen LogP contribution in [0.2, 0.25) is 0 Å². The molecular weight excluding hydrogens is 575 g/mol. The van der Waals surface area contributed by atoms with Gasteiger partial charge in [0.2, 0.25) is 0 Å². The van der Waals surface area contributed by atoms with Gasteiger partial charge in [-0.05, 0) is 87.7 Å². The van der Waals surface area contributed by atoms with Crippen LogP contribution in [-0.2, 0) is 40.9 Å². The Bertz CT molecular complexity index is 1500. The van der Waals surface area contributed by atoms with Gasteiger partial charge in [-0.15, -0.1) is 0 Å². The van der Waals surface area contributed by atoms with E-state index in [1.165, 1.54) is 62.5 Å². The molecule has 5 heterocycles. The van der Waals surface area contributed by atoms with Crippen LogP contribution in [0.25, 0.3) is 11.3 Å². The van der Waals surface area contributed by atoms with Gasteiger partial charge < -0.3 is 19.5 Å². The maximum atomic E-state index is 8.19. The van der Waals surface area contributed by atoms with Crippen molar-refractivity contribution < 1.29 is 21.0 Å². The molecule has 0 saturated heterocycles. The zero-order valence-corrected chi connectivity index (χ0v) is 26.6. The molecule has 0 amide bonds. The Morgan fingerprint density at radius 2 is 0.860 bits per heavy atom. The molecule has 2 aromatic rings. The average molecular weight is 617 g/mol. The molecule has 8 bridgehead atoms. The second-order valence-corrected chi connectivity index (χ2v) is 13.8. The Balaban J connectivity index is 0.00000136. The summed E-state index contributed by atoms with van der Waals surface area (Å²) in [5.74, 6) is 8.11. The van der Waals surface area contributed by atoms with Crippen LogP contribution in [0.5, 0.6) is 0 Å². The Kier molecular flexibility index (Phi) is 7.45. The molecule has 43 heavy (non-hydrogen) atoms. The number of rotatable bonds is 0. The van der Waals surface area contributed by atoms with Gasteiger partial charge in [0.1, 0.15) is 22.9 Å². The molecule has 225 valence electrons. The van der Waals surface area contributed by atoms with Gasteiger partial charge in [0.25, 0.3) is 0 Å². The van der Waals surface area contributed by atoms with Crippen molar-refractivity contribution >= 4 is 11.3 Å². The summed E-state index contributed by atoms with van der Waals surface area (Å²) in [6.07, 6.45) is 19.0. The van der Waals surface area contributed by atoms with Gasteiger partial charge >= 0.3 is 21.0 Å². The third kappa shape index (κ3) is 4.63. The van der Waals surface area contributed by atoms with E-state index in [9.17, 15) is 0 Å². The molecule has 10 heteroatoms. The van der Waals surface area contributed by atoms with E-state index < -0.39 is 0 Å². The van der Waals surface area contributed by atoms with E-state index >= 15 is 0 Å². The Morgan fingerprint density at radius 1 is 0.512 bits per heavy atom. The van der Waals surface area contributed by atoms with Gasteiger partial charge in [0.05, 0.1) is 11.6 Å². The van der Waals surface area contributed by atoms with Crippen molar-refractivity contribution in [2.75, 3.05) is 0 Å². The molecule has 0 radical (unpaired) electrons. The predicted octanol–water partition coefficient (Wildman–Crippen LogP) is 6.34. The fourth-order valence-corrected chi connectivity index (χ4v) is 9.38. The molecule has 3 aliphatic heterocycles. The molecule has 7 aliphatic rings. The van der Waals surface area contributed by atoms with Crippen LogP contribution in [-0.4, -0.2) is 34.5 Å². The quantitative estimate of drug-likeness (QED) is 0.337. The summed E-state index contributed by atoms with van der Waals surface area (Å²) >= 11 is 1.06. The summed E-state index contributed by atoms with van der Waals surface area (Å²) in [5.41, 5.74) is 4.92. The van der Waals surface area contributed by atoms with Gasteiger partial charge in [-0.1, -0.05) is 38.5 Å². The molecule has 9 rings (SSSR count). The third-order valence-corrected chi connectivity index (χ3v) is 11.5. The number of fused-ring (bicyclic) bond motifs is 20.